The van der Waals surface area contributed by atoms with Gasteiger partial charge in [-0.1, -0.05) is 38.1 Å². The lowest BCUT2D eigenvalue weighted by Gasteiger charge is -2.08. The molecule has 0 aliphatic heterocycles. The molecule has 92 valence electrons. The third-order valence-corrected chi connectivity index (χ3v) is 3.88. The number of carbonyl (C=O) groups is 1. The zero-order valence-electron chi connectivity index (χ0n) is 10.2. The smallest absolute Gasteiger partial charge is 0.328 e. The molecule has 0 bridgehead atoms. The zero-order valence-corrected chi connectivity index (χ0v) is 11.0. The molecule has 1 aromatic carbocycles. The van der Waals surface area contributed by atoms with Crippen LogP contribution in [0.3, 0.4) is 0 Å². The van der Waals surface area contributed by atoms with Crippen molar-refractivity contribution < 1.29 is 9.90 Å². The molecule has 17 heavy (non-hydrogen) atoms. The number of thioether (sulfide) groups is 1. The van der Waals surface area contributed by atoms with Gasteiger partial charge in [0.05, 0.1) is 0 Å². The third-order valence-electron chi connectivity index (χ3n) is 2.48. The van der Waals surface area contributed by atoms with Crippen molar-refractivity contribution in [2.24, 2.45) is 0 Å². The molecule has 0 aliphatic rings. The largest absolute Gasteiger partial charge is 0.478 e. The lowest BCUT2D eigenvalue weighted by molar-refractivity contribution is -0.131. The van der Waals surface area contributed by atoms with E-state index >= 15 is 0 Å². The predicted molar refractivity (Wildman–Crippen MR) is 74.2 cm³/mol. The molecule has 0 heterocycles. The number of hydrogen-bond acceptors (Lipinski definition) is 2. The van der Waals surface area contributed by atoms with Gasteiger partial charge in [-0.3, -0.25) is 0 Å². The van der Waals surface area contributed by atoms with Crippen LogP contribution in [0.5, 0.6) is 0 Å². The SMILES string of the molecule is CCC(C)SCc1cccc(C=CC(=O)O)c1. The molecule has 1 aromatic rings. The standard InChI is InChI=1S/C14H18O2S/c1-3-11(2)17-10-13-6-4-5-12(9-13)7-8-14(15)16/h4-9,11H,3,10H2,1-2H3,(H,15,16). The quantitative estimate of drug-likeness (QED) is 0.780. The Balaban J connectivity index is 2.62. The molecule has 1 atom stereocenters. The van der Waals surface area contributed by atoms with E-state index in [4.69, 9.17) is 5.11 Å². The summed E-state index contributed by atoms with van der Waals surface area (Å²) in [5.74, 6) is 0.0633. The van der Waals surface area contributed by atoms with Gasteiger partial charge in [-0.05, 0) is 23.6 Å². The van der Waals surface area contributed by atoms with E-state index in [1.54, 1.807) is 6.08 Å². The van der Waals surface area contributed by atoms with Crippen molar-refractivity contribution in [2.75, 3.05) is 0 Å². The Morgan fingerprint density at radius 2 is 2.29 bits per heavy atom. The maximum Gasteiger partial charge on any atom is 0.328 e. The summed E-state index contributed by atoms with van der Waals surface area (Å²) in [6.07, 6.45) is 3.96. The van der Waals surface area contributed by atoms with Gasteiger partial charge in [0.25, 0.3) is 0 Å². The van der Waals surface area contributed by atoms with Crippen LogP contribution in [0.15, 0.2) is 30.3 Å². The van der Waals surface area contributed by atoms with Gasteiger partial charge in [-0.25, -0.2) is 4.79 Å². The van der Waals surface area contributed by atoms with E-state index in [9.17, 15) is 4.79 Å². The summed E-state index contributed by atoms with van der Waals surface area (Å²) in [5, 5.41) is 9.22. The summed E-state index contributed by atoms with van der Waals surface area (Å²) < 4.78 is 0. The maximum absolute atomic E-state index is 10.4. The van der Waals surface area contributed by atoms with Gasteiger partial charge in [0.1, 0.15) is 0 Å². The zero-order chi connectivity index (χ0) is 12.7. The highest BCUT2D eigenvalue weighted by Gasteiger charge is 2.00. The van der Waals surface area contributed by atoms with Crippen LogP contribution in [0.25, 0.3) is 6.08 Å². The van der Waals surface area contributed by atoms with Crippen LogP contribution in [0.1, 0.15) is 31.4 Å². The van der Waals surface area contributed by atoms with E-state index in [2.05, 4.69) is 19.9 Å². The molecule has 1 rings (SSSR count). The second-order valence-electron chi connectivity index (χ2n) is 3.95. The Bertz CT molecular complexity index is 399. The highest BCUT2D eigenvalue weighted by Crippen LogP contribution is 2.20. The number of carboxylic acids is 1. The summed E-state index contributed by atoms with van der Waals surface area (Å²) in [4.78, 5) is 10.4. The molecule has 0 spiro atoms. The minimum atomic E-state index is -0.913. The van der Waals surface area contributed by atoms with E-state index in [-0.39, 0.29) is 0 Å². The average molecular weight is 250 g/mol. The lowest BCUT2D eigenvalue weighted by atomic mass is 10.1. The van der Waals surface area contributed by atoms with Crippen LogP contribution >= 0.6 is 11.8 Å². The van der Waals surface area contributed by atoms with Crippen molar-refractivity contribution in [2.45, 2.75) is 31.3 Å². The number of carboxylic acid groups (broad SMARTS) is 1. The number of rotatable bonds is 6. The predicted octanol–water partition coefficient (Wildman–Crippen LogP) is 3.82. The fourth-order valence-corrected chi connectivity index (χ4v) is 2.20. The molecule has 2 nitrogen and oxygen atoms in total. The Morgan fingerprint density at radius 3 is 2.94 bits per heavy atom. The molecular weight excluding hydrogens is 232 g/mol. The number of hydrogen-bond donors (Lipinski definition) is 1. The summed E-state index contributed by atoms with van der Waals surface area (Å²) in [7, 11) is 0. The number of benzene rings is 1. The average Bonchev–Trinajstić information content (AvgIpc) is 2.34. The van der Waals surface area contributed by atoms with Gasteiger partial charge in [0.2, 0.25) is 0 Å². The van der Waals surface area contributed by atoms with Crippen LogP contribution in [0.4, 0.5) is 0 Å². The maximum atomic E-state index is 10.4. The minimum Gasteiger partial charge on any atom is -0.478 e. The second kappa shape index (κ2) is 7.17. The fourth-order valence-electron chi connectivity index (χ4n) is 1.31. The first-order valence-corrected chi connectivity index (χ1v) is 6.78. The van der Waals surface area contributed by atoms with E-state index in [0.29, 0.717) is 5.25 Å². The van der Waals surface area contributed by atoms with Gasteiger partial charge < -0.3 is 5.11 Å². The molecule has 0 aliphatic carbocycles. The second-order valence-corrected chi connectivity index (χ2v) is 5.37. The van der Waals surface area contributed by atoms with Crippen molar-refractivity contribution in [3.05, 3.63) is 41.5 Å². The van der Waals surface area contributed by atoms with Crippen LogP contribution < -0.4 is 0 Å². The molecule has 0 fully saturated rings. The van der Waals surface area contributed by atoms with Crippen LogP contribution in [0, 0.1) is 0 Å². The summed E-state index contributed by atoms with van der Waals surface area (Å²) >= 11 is 1.92. The van der Waals surface area contributed by atoms with E-state index < -0.39 is 5.97 Å². The van der Waals surface area contributed by atoms with Crippen molar-refractivity contribution in [1.29, 1.82) is 0 Å². The fraction of sp³-hybridized carbons (Fsp3) is 0.357. The number of aliphatic carboxylic acids is 1. The van der Waals surface area contributed by atoms with Crippen LogP contribution in [0.2, 0.25) is 0 Å². The van der Waals surface area contributed by atoms with Gasteiger partial charge >= 0.3 is 5.97 Å². The van der Waals surface area contributed by atoms with E-state index in [1.165, 1.54) is 18.1 Å². The van der Waals surface area contributed by atoms with Gasteiger partial charge in [-0.2, -0.15) is 11.8 Å². The molecule has 3 heteroatoms. The Labute approximate surface area is 107 Å². The molecule has 0 saturated carbocycles. The van der Waals surface area contributed by atoms with Gasteiger partial charge in [-0.15, -0.1) is 0 Å². The highest BCUT2D eigenvalue weighted by atomic mass is 32.2. The molecule has 0 radical (unpaired) electrons. The van der Waals surface area contributed by atoms with Crippen LogP contribution in [-0.2, 0) is 10.5 Å². The van der Waals surface area contributed by atoms with Gasteiger partial charge in [0.15, 0.2) is 0 Å². The first kappa shape index (κ1) is 13.8. The van der Waals surface area contributed by atoms with Gasteiger partial charge in [0, 0.05) is 17.1 Å². The van der Waals surface area contributed by atoms with Crippen molar-refractivity contribution in [3.8, 4) is 0 Å². The highest BCUT2D eigenvalue weighted by molar-refractivity contribution is 7.99. The van der Waals surface area contributed by atoms with Crippen molar-refractivity contribution in [3.63, 3.8) is 0 Å². The molecular formula is C14H18O2S. The Hall–Kier alpha value is -1.22. The molecule has 1 N–H and O–H groups in total. The lowest BCUT2D eigenvalue weighted by Crippen LogP contribution is -1.93. The Kier molecular flexibility index (Phi) is 5.84. The topological polar surface area (TPSA) is 37.3 Å². The first-order valence-electron chi connectivity index (χ1n) is 5.73. The molecule has 0 aromatic heterocycles. The van der Waals surface area contributed by atoms with Crippen LogP contribution in [-0.4, -0.2) is 16.3 Å². The summed E-state index contributed by atoms with van der Waals surface area (Å²) in [6, 6.07) is 7.99. The van der Waals surface area contributed by atoms with E-state index in [0.717, 1.165) is 11.3 Å². The van der Waals surface area contributed by atoms with E-state index in [1.807, 2.05) is 30.0 Å². The summed E-state index contributed by atoms with van der Waals surface area (Å²) in [6.45, 7) is 4.41. The van der Waals surface area contributed by atoms with Crippen molar-refractivity contribution >= 4 is 23.8 Å². The van der Waals surface area contributed by atoms with Crippen molar-refractivity contribution in [1.82, 2.24) is 0 Å². The molecule has 0 saturated heterocycles. The first-order chi connectivity index (χ1) is 8.11. The minimum absolute atomic E-state index is 0.660. The third kappa shape index (κ3) is 5.59. The molecule has 1 unspecified atom stereocenters. The monoisotopic (exact) mass is 250 g/mol. The normalized spacial score (nSPS) is 12.8. The Morgan fingerprint density at radius 1 is 1.53 bits per heavy atom. The summed E-state index contributed by atoms with van der Waals surface area (Å²) in [5.41, 5.74) is 2.18. The molecule has 0 amide bonds.